The standard InChI is InChI=1S/C22H21N3O5/c26-20(11-14-24-16-5-1-3-7-18(16)29-21(24)27)23-12-9-15(10-13-23)25-17-6-2-4-8-19(17)30-22(25)28/h1-8,15H,9-14H2. The number of rotatable bonds is 4. The summed E-state index contributed by atoms with van der Waals surface area (Å²) in [4.78, 5) is 38.9. The van der Waals surface area contributed by atoms with E-state index in [1.807, 2.05) is 30.3 Å². The molecular weight excluding hydrogens is 386 g/mol. The van der Waals surface area contributed by atoms with Crippen molar-refractivity contribution in [1.82, 2.24) is 14.0 Å². The Bertz CT molecular complexity index is 1330. The van der Waals surface area contributed by atoms with Crippen LogP contribution in [0.3, 0.4) is 0 Å². The Kier molecular flexibility index (Phi) is 4.54. The molecule has 0 atom stereocenters. The van der Waals surface area contributed by atoms with Crippen LogP contribution in [0, 0.1) is 0 Å². The van der Waals surface area contributed by atoms with Gasteiger partial charge in [-0.1, -0.05) is 24.3 Å². The maximum atomic E-state index is 12.7. The van der Waals surface area contributed by atoms with Crippen LogP contribution in [0.2, 0.25) is 0 Å². The van der Waals surface area contributed by atoms with Crippen LogP contribution in [-0.2, 0) is 11.3 Å². The second-order valence-electron chi connectivity index (χ2n) is 7.55. The number of fused-ring (bicyclic) bond motifs is 2. The van der Waals surface area contributed by atoms with Gasteiger partial charge in [0.2, 0.25) is 5.91 Å². The third-order valence-electron chi connectivity index (χ3n) is 5.82. The lowest BCUT2D eigenvalue weighted by molar-refractivity contribution is -0.132. The Hall–Kier alpha value is -3.55. The lowest BCUT2D eigenvalue weighted by Crippen LogP contribution is -2.40. The second kappa shape index (κ2) is 7.37. The number of amides is 1. The summed E-state index contributed by atoms with van der Waals surface area (Å²) < 4.78 is 13.8. The van der Waals surface area contributed by atoms with Gasteiger partial charge in [-0.15, -0.1) is 0 Å². The van der Waals surface area contributed by atoms with Crippen molar-refractivity contribution in [2.75, 3.05) is 13.1 Å². The lowest BCUT2D eigenvalue weighted by Gasteiger charge is -2.32. The quantitative estimate of drug-likeness (QED) is 0.519. The Morgan fingerprint density at radius 2 is 1.47 bits per heavy atom. The van der Waals surface area contributed by atoms with E-state index in [2.05, 4.69) is 0 Å². The molecule has 0 spiro atoms. The van der Waals surface area contributed by atoms with E-state index in [9.17, 15) is 14.4 Å². The number of piperidine rings is 1. The minimum atomic E-state index is -0.450. The number of carbonyl (C=O) groups is 1. The van der Waals surface area contributed by atoms with E-state index >= 15 is 0 Å². The molecule has 0 saturated carbocycles. The third-order valence-corrected chi connectivity index (χ3v) is 5.82. The topological polar surface area (TPSA) is 90.6 Å². The van der Waals surface area contributed by atoms with Crippen LogP contribution >= 0.6 is 0 Å². The number of oxazole rings is 2. The number of benzene rings is 2. The number of likely N-dealkylation sites (tertiary alicyclic amines) is 1. The van der Waals surface area contributed by atoms with Crippen molar-refractivity contribution in [2.24, 2.45) is 0 Å². The number of aromatic nitrogens is 2. The normalized spacial score (nSPS) is 15.3. The molecule has 0 radical (unpaired) electrons. The second-order valence-corrected chi connectivity index (χ2v) is 7.55. The average molecular weight is 407 g/mol. The molecule has 2 aromatic carbocycles. The molecule has 1 aliphatic rings. The fourth-order valence-corrected chi connectivity index (χ4v) is 4.29. The summed E-state index contributed by atoms with van der Waals surface area (Å²) in [5.41, 5.74) is 2.59. The van der Waals surface area contributed by atoms with Crippen molar-refractivity contribution >= 4 is 28.1 Å². The Labute approximate surface area is 170 Å². The van der Waals surface area contributed by atoms with Gasteiger partial charge in [-0.25, -0.2) is 9.59 Å². The van der Waals surface area contributed by atoms with Crippen molar-refractivity contribution in [2.45, 2.75) is 31.8 Å². The zero-order valence-corrected chi connectivity index (χ0v) is 16.3. The van der Waals surface area contributed by atoms with Crippen LogP contribution in [0.15, 0.2) is 67.0 Å². The van der Waals surface area contributed by atoms with E-state index in [0.717, 1.165) is 5.52 Å². The molecule has 0 N–H and O–H groups in total. The molecule has 154 valence electrons. The Morgan fingerprint density at radius 3 is 2.20 bits per heavy atom. The molecule has 1 saturated heterocycles. The van der Waals surface area contributed by atoms with Crippen LogP contribution in [0.25, 0.3) is 22.2 Å². The fourth-order valence-electron chi connectivity index (χ4n) is 4.29. The van der Waals surface area contributed by atoms with Crippen molar-refractivity contribution in [1.29, 1.82) is 0 Å². The van der Waals surface area contributed by atoms with Gasteiger partial charge in [-0.2, -0.15) is 0 Å². The largest absolute Gasteiger partial charge is 0.420 e. The highest BCUT2D eigenvalue weighted by Crippen LogP contribution is 2.26. The van der Waals surface area contributed by atoms with Crippen molar-refractivity contribution in [3.05, 3.63) is 69.6 Å². The monoisotopic (exact) mass is 407 g/mol. The van der Waals surface area contributed by atoms with E-state index in [0.29, 0.717) is 42.6 Å². The summed E-state index contributed by atoms with van der Waals surface area (Å²) in [6.07, 6.45) is 1.59. The summed E-state index contributed by atoms with van der Waals surface area (Å²) in [6.45, 7) is 1.41. The highest BCUT2D eigenvalue weighted by molar-refractivity contribution is 5.77. The minimum Gasteiger partial charge on any atom is -0.408 e. The zero-order chi connectivity index (χ0) is 20.7. The Morgan fingerprint density at radius 1 is 0.867 bits per heavy atom. The SMILES string of the molecule is O=C(CCn1c(=O)oc2ccccc21)N1CCC(n2c(=O)oc3ccccc32)CC1. The number of para-hydroxylation sites is 4. The van der Waals surface area contributed by atoms with Gasteiger partial charge in [-0.05, 0) is 37.1 Å². The van der Waals surface area contributed by atoms with E-state index in [-0.39, 0.29) is 30.7 Å². The molecule has 5 rings (SSSR count). The smallest absolute Gasteiger partial charge is 0.408 e. The van der Waals surface area contributed by atoms with Gasteiger partial charge < -0.3 is 13.7 Å². The van der Waals surface area contributed by atoms with E-state index in [4.69, 9.17) is 8.83 Å². The van der Waals surface area contributed by atoms with Crippen LogP contribution in [0.1, 0.15) is 25.3 Å². The van der Waals surface area contributed by atoms with Gasteiger partial charge in [0.05, 0.1) is 11.0 Å². The molecule has 1 aliphatic heterocycles. The highest BCUT2D eigenvalue weighted by atomic mass is 16.4. The summed E-state index contributed by atoms with van der Waals surface area (Å²) in [5.74, 6) is -0.809. The molecule has 30 heavy (non-hydrogen) atoms. The number of nitrogens with zero attached hydrogens (tertiary/aromatic N) is 3. The van der Waals surface area contributed by atoms with Crippen LogP contribution in [0.4, 0.5) is 0 Å². The molecule has 4 aromatic rings. The summed E-state index contributed by atoms with van der Waals surface area (Å²) >= 11 is 0. The molecular formula is C22H21N3O5. The summed E-state index contributed by atoms with van der Waals surface area (Å²) in [6, 6.07) is 14.6. The summed E-state index contributed by atoms with van der Waals surface area (Å²) in [7, 11) is 0. The van der Waals surface area contributed by atoms with Crippen molar-refractivity contribution < 1.29 is 13.6 Å². The Balaban J connectivity index is 1.25. The molecule has 0 unspecified atom stereocenters. The first kappa shape index (κ1) is 18.5. The highest BCUT2D eigenvalue weighted by Gasteiger charge is 2.26. The third kappa shape index (κ3) is 3.14. The molecule has 1 amide bonds. The van der Waals surface area contributed by atoms with Crippen LogP contribution in [0.5, 0.6) is 0 Å². The van der Waals surface area contributed by atoms with Gasteiger partial charge in [0.25, 0.3) is 0 Å². The fraction of sp³-hybridized carbons (Fsp3) is 0.318. The summed E-state index contributed by atoms with van der Waals surface area (Å²) in [5, 5.41) is 0. The van der Waals surface area contributed by atoms with Crippen LogP contribution < -0.4 is 11.5 Å². The molecule has 0 aliphatic carbocycles. The first-order chi connectivity index (χ1) is 14.6. The molecule has 3 heterocycles. The number of hydrogen-bond acceptors (Lipinski definition) is 5. The predicted molar refractivity (Wildman–Crippen MR) is 110 cm³/mol. The average Bonchev–Trinajstić information content (AvgIpc) is 3.27. The molecule has 1 fully saturated rings. The first-order valence-corrected chi connectivity index (χ1v) is 10.1. The zero-order valence-electron chi connectivity index (χ0n) is 16.3. The molecule has 0 bridgehead atoms. The van der Waals surface area contributed by atoms with Crippen molar-refractivity contribution in [3.8, 4) is 0 Å². The van der Waals surface area contributed by atoms with Gasteiger partial charge in [0.1, 0.15) is 0 Å². The van der Waals surface area contributed by atoms with E-state index in [1.54, 1.807) is 27.7 Å². The van der Waals surface area contributed by atoms with E-state index < -0.39 is 5.76 Å². The van der Waals surface area contributed by atoms with Gasteiger partial charge in [-0.3, -0.25) is 13.9 Å². The van der Waals surface area contributed by atoms with Gasteiger partial charge in [0, 0.05) is 32.1 Å². The van der Waals surface area contributed by atoms with Crippen LogP contribution in [-0.4, -0.2) is 33.0 Å². The minimum absolute atomic E-state index is 0.00460. The molecule has 8 nitrogen and oxygen atoms in total. The molecule has 8 heteroatoms. The predicted octanol–water partition coefficient (Wildman–Crippen LogP) is 2.76. The number of aryl methyl sites for hydroxylation is 1. The van der Waals surface area contributed by atoms with E-state index in [1.165, 1.54) is 4.57 Å². The van der Waals surface area contributed by atoms with Crippen molar-refractivity contribution in [3.63, 3.8) is 0 Å². The lowest BCUT2D eigenvalue weighted by atomic mass is 10.0. The van der Waals surface area contributed by atoms with Gasteiger partial charge in [0.15, 0.2) is 11.2 Å². The molecule has 2 aromatic heterocycles. The number of hydrogen-bond donors (Lipinski definition) is 0. The first-order valence-electron chi connectivity index (χ1n) is 10.1. The maximum Gasteiger partial charge on any atom is 0.420 e. The number of carbonyl (C=O) groups excluding carboxylic acids is 1. The maximum absolute atomic E-state index is 12.7. The van der Waals surface area contributed by atoms with Gasteiger partial charge >= 0.3 is 11.5 Å².